The Labute approximate surface area is 110 Å². The van der Waals surface area contributed by atoms with Gasteiger partial charge in [0.05, 0.1) is 10.4 Å². The second-order valence-corrected chi connectivity index (χ2v) is 5.13. The van der Waals surface area contributed by atoms with Crippen molar-refractivity contribution < 1.29 is 18.0 Å². The highest BCUT2D eigenvalue weighted by Gasteiger charge is 2.35. The Balaban J connectivity index is 3.35. The number of hydrogen-bond donors (Lipinski definition) is 0. The lowest BCUT2D eigenvalue weighted by atomic mass is 9.99. The molecule has 1 rings (SSSR count). The zero-order valence-corrected chi connectivity index (χ0v) is 11.2. The minimum atomic E-state index is -4.56. The SMILES string of the molecule is CC(Br)C(=O)c1ccc(CCl)cc1C(F)(F)F. The van der Waals surface area contributed by atoms with Crippen LogP contribution in [0, 0.1) is 0 Å². The second-order valence-electron chi connectivity index (χ2n) is 3.49. The lowest BCUT2D eigenvalue weighted by Crippen LogP contribution is -2.18. The van der Waals surface area contributed by atoms with Gasteiger partial charge in [-0.1, -0.05) is 28.1 Å². The standard InChI is InChI=1S/C11H9BrClF3O/c1-6(12)10(17)8-3-2-7(5-13)4-9(8)11(14,15)16/h2-4,6H,5H2,1H3. The summed E-state index contributed by atoms with van der Waals surface area (Å²) < 4.78 is 38.3. The highest BCUT2D eigenvalue weighted by Crippen LogP contribution is 2.34. The Hall–Kier alpha value is -0.550. The lowest BCUT2D eigenvalue weighted by Gasteiger charge is -2.14. The Kier molecular flexibility index (Phi) is 4.61. The molecule has 0 heterocycles. The summed E-state index contributed by atoms with van der Waals surface area (Å²) >= 11 is 8.45. The first kappa shape index (κ1) is 14.5. The number of rotatable bonds is 3. The van der Waals surface area contributed by atoms with E-state index in [0.29, 0.717) is 5.56 Å². The van der Waals surface area contributed by atoms with Gasteiger partial charge in [0.25, 0.3) is 0 Å². The van der Waals surface area contributed by atoms with E-state index in [2.05, 4.69) is 15.9 Å². The molecule has 1 aromatic rings. The van der Waals surface area contributed by atoms with Gasteiger partial charge in [-0.3, -0.25) is 4.79 Å². The fraction of sp³-hybridized carbons (Fsp3) is 0.364. The monoisotopic (exact) mass is 328 g/mol. The van der Waals surface area contributed by atoms with Crippen LogP contribution in [0.2, 0.25) is 0 Å². The molecule has 0 spiro atoms. The molecular formula is C11H9BrClF3O. The third kappa shape index (κ3) is 3.45. The largest absolute Gasteiger partial charge is 0.417 e. The normalized spacial score (nSPS) is 13.5. The van der Waals surface area contributed by atoms with Gasteiger partial charge in [-0.15, -0.1) is 11.6 Å². The van der Waals surface area contributed by atoms with Crippen molar-refractivity contribution in [1.29, 1.82) is 0 Å². The van der Waals surface area contributed by atoms with E-state index in [0.717, 1.165) is 6.07 Å². The van der Waals surface area contributed by atoms with Crippen molar-refractivity contribution in [3.63, 3.8) is 0 Å². The molecule has 0 aliphatic carbocycles. The maximum atomic E-state index is 12.8. The molecule has 0 saturated carbocycles. The van der Waals surface area contributed by atoms with Crippen LogP contribution in [0.15, 0.2) is 18.2 Å². The first-order valence-electron chi connectivity index (χ1n) is 4.71. The molecule has 0 N–H and O–H groups in total. The van der Waals surface area contributed by atoms with E-state index in [1.807, 2.05) is 0 Å². The van der Waals surface area contributed by atoms with Crippen LogP contribution < -0.4 is 0 Å². The third-order valence-corrected chi connectivity index (χ3v) is 2.89. The van der Waals surface area contributed by atoms with Gasteiger partial charge in [0.2, 0.25) is 0 Å². The Morgan fingerprint density at radius 3 is 2.47 bits per heavy atom. The molecule has 0 bridgehead atoms. The van der Waals surface area contributed by atoms with Crippen LogP contribution in [0.1, 0.15) is 28.4 Å². The van der Waals surface area contributed by atoms with Crippen molar-refractivity contribution in [2.24, 2.45) is 0 Å². The summed E-state index contributed by atoms with van der Waals surface area (Å²) in [7, 11) is 0. The molecular weight excluding hydrogens is 320 g/mol. The topological polar surface area (TPSA) is 17.1 Å². The average Bonchev–Trinajstić information content (AvgIpc) is 2.26. The molecule has 0 aromatic heterocycles. The summed E-state index contributed by atoms with van der Waals surface area (Å²) in [6, 6.07) is 3.50. The number of carbonyl (C=O) groups is 1. The minimum Gasteiger partial charge on any atom is -0.293 e. The van der Waals surface area contributed by atoms with Gasteiger partial charge >= 0.3 is 6.18 Å². The first-order valence-corrected chi connectivity index (χ1v) is 6.16. The number of halogens is 5. The van der Waals surface area contributed by atoms with Gasteiger partial charge in [-0.2, -0.15) is 13.2 Å². The summed E-state index contributed by atoms with van der Waals surface area (Å²) in [6.07, 6.45) is -4.56. The van der Waals surface area contributed by atoms with Crippen LogP contribution in [-0.2, 0) is 12.1 Å². The molecule has 0 aliphatic rings. The summed E-state index contributed by atoms with van der Waals surface area (Å²) in [4.78, 5) is 11.0. The van der Waals surface area contributed by atoms with E-state index in [1.165, 1.54) is 19.1 Å². The van der Waals surface area contributed by atoms with Crippen LogP contribution in [0.25, 0.3) is 0 Å². The van der Waals surface area contributed by atoms with Crippen LogP contribution in [0.5, 0.6) is 0 Å². The van der Waals surface area contributed by atoms with Crippen LogP contribution in [-0.4, -0.2) is 10.6 Å². The molecule has 1 nitrogen and oxygen atoms in total. The summed E-state index contributed by atoms with van der Waals surface area (Å²) in [5.41, 5.74) is -0.944. The molecule has 0 radical (unpaired) electrons. The van der Waals surface area contributed by atoms with E-state index < -0.39 is 22.4 Å². The van der Waals surface area contributed by atoms with Crippen LogP contribution in [0.3, 0.4) is 0 Å². The molecule has 1 atom stereocenters. The molecule has 6 heteroatoms. The molecule has 0 saturated heterocycles. The highest BCUT2D eigenvalue weighted by molar-refractivity contribution is 9.10. The Morgan fingerprint density at radius 1 is 1.47 bits per heavy atom. The van der Waals surface area contributed by atoms with Gasteiger partial charge in [0.15, 0.2) is 5.78 Å². The maximum absolute atomic E-state index is 12.8. The smallest absolute Gasteiger partial charge is 0.293 e. The van der Waals surface area contributed by atoms with Gasteiger partial charge < -0.3 is 0 Å². The van der Waals surface area contributed by atoms with Crippen molar-refractivity contribution in [1.82, 2.24) is 0 Å². The molecule has 94 valence electrons. The number of hydrogen-bond acceptors (Lipinski definition) is 1. The number of ketones is 1. The quantitative estimate of drug-likeness (QED) is 0.593. The summed E-state index contributed by atoms with van der Waals surface area (Å²) in [5.74, 6) is -0.625. The summed E-state index contributed by atoms with van der Waals surface area (Å²) in [5, 5.41) is 0. The first-order chi connectivity index (χ1) is 7.77. The molecule has 0 aliphatic heterocycles. The zero-order valence-electron chi connectivity index (χ0n) is 8.81. The number of Topliss-reactive ketones (excluding diaryl/α,β-unsaturated/α-hetero) is 1. The van der Waals surface area contributed by atoms with Crippen LogP contribution in [0.4, 0.5) is 13.2 Å². The average molecular weight is 330 g/mol. The van der Waals surface area contributed by atoms with E-state index in [9.17, 15) is 18.0 Å². The van der Waals surface area contributed by atoms with Crippen molar-refractivity contribution in [3.05, 3.63) is 34.9 Å². The van der Waals surface area contributed by atoms with Gasteiger partial charge in [-0.25, -0.2) is 0 Å². The third-order valence-electron chi connectivity index (χ3n) is 2.17. The molecule has 17 heavy (non-hydrogen) atoms. The van der Waals surface area contributed by atoms with Gasteiger partial charge in [-0.05, 0) is 18.6 Å². The highest BCUT2D eigenvalue weighted by atomic mass is 79.9. The predicted molar refractivity (Wildman–Crippen MR) is 63.7 cm³/mol. The van der Waals surface area contributed by atoms with E-state index in [1.54, 1.807) is 0 Å². The van der Waals surface area contributed by atoms with E-state index in [-0.39, 0.29) is 11.4 Å². The number of carbonyl (C=O) groups excluding carboxylic acids is 1. The van der Waals surface area contributed by atoms with Crippen molar-refractivity contribution in [2.75, 3.05) is 0 Å². The van der Waals surface area contributed by atoms with Gasteiger partial charge in [0.1, 0.15) is 0 Å². The Bertz CT molecular complexity index is 429. The van der Waals surface area contributed by atoms with E-state index in [4.69, 9.17) is 11.6 Å². The van der Waals surface area contributed by atoms with Crippen LogP contribution >= 0.6 is 27.5 Å². The number of alkyl halides is 5. The maximum Gasteiger partial charge on any atom is 0.417 e. The predicted octanol–water partition coefficient (Wildman–Crippen LogP) is 4.41. The molecule has 1 aromatic carbocycles. The second kappa shape index (κ2) is 5.40. The lowest BCUT2D eigenvalue weighted by molar-refractivity contribution is -0.137. The van der Waals surface area contributed by atoms with Crippen molar-refractivity contribution >= 4 is 33.3 Å². The van der Waals surface area contributed by atoms with E-state index >= 15 is 0 Å². The Morgan fingerprint density at radius 2 is 2.06 bits per heavy atom. The van der Waals surface area contributed by atoms with Crippen molar-refractivity contribution in [3.8, 4) is 0 Å². The minimum absolute atomic E-state index is 0.0264. The fourth-order valence-electron chi connectivity index (χ4n) is 1.34. The van der Waals surface area contributed by atoms with Gasteiger partial charge in [0, 0.05) is 11.4 Å². The number of benzene rings is 1. The molecule has 0 fully saturated rings. The molecule has 1 unspecified atom stereocenters. The zero-order chi connectivity index (χ0) is 13.2. The van der Waals surface area contributed by atoms with Crippen molar-refractivity contribution in [2.45, 2.75) is 23.8 Å². The fourth-order valence-corrected chi connectivity index (χ4v) is 1.75. The summed E-state index contributed by atoms with van der Waals surface area (Å²) in [6.45, 7) is 1.48. The molecule has 0 amide bonds.